The predicted octanol–water partition coefficient (Wildman–Crippen LogP) is 2.79. The molecule has 0 saturated heterocycles. The van der Waals surface area contributed by atoms with Crippen molar-refractivity contribution in [3.63, 3.8) is 0 Å². The van der Waals surface area contributed by atoms with E-state index in [4.69, 9.17) is 9.47 Å². The highest BCUT2D eigenvalue weighted by Crippen LogP contribution is 2.04. The van der Waals surface area contributed by atoms with Gasteiger partial charge in [-0.05, 0) is 37.8 Å². The first-order chi connectivity index (χ1) is 8.41. The first-order valence-electron chi connectivity index (χ1n) is 6.02. The van der Waals surface area contributed by atoms with Crippen molar-refractivity contribution in [1.29, 1.82) is 0 Å². The predicted molar refractivity (Wildman–Crippen MR) is 70.0 cm³/mol. The Morgan fingerprint density at radius 1 is 0.833 bits per heavy atom. The molecule has 0 aliphatic carbocycles. The molecule has 0 aliphatic heterocycles. The maximum absolute atomic E-state index is 11.2. The highest BCUT2D eigenvalue weighted by Gasteiger charge is 2.06. The van der Waals surface area contributed by atoms with Gasteiger partial charge in [0.1, 0.15) is 13.2 Å². The monoisotopic (exact) mass is 254 g/mol. The second kappa shape index (κ2) is 9.45. The zero-order valence-electron chi connectivity index (χ0n) is 11.3. The van der Waals surface area contributed by atoms with Crippen LogP contribution in [0.15, 0.2) is 24.3 Å². The Labute approximate surface area is 109 Å². The number of carbonyl (C=O) groups is 2. The minimum atomic E-state index is -0.256. The number of hydrogen-bond donors (Lipinski definition) is 0. The van der Waals surface area contributed by atoms with Gasteiger partial charge in [0, 0.05) is 12.8 Å². The molecule has 0 aromatic carbocycles. The molecule has 0 radical (unpaired) electrons. The van der Waals surface area contributed by atoms with E-state index in [1.165, 1.54) is 0 Å². The third-order valence-electron chi connectivity index (χ3n) is 1.97. The number of hydrogen-bond acceptors (Lipinski definition) is 4. The molecule has 4 heteroatoms. The summed E-state index contributed by atoms with van der Waals surface area (Å²) in [6.45, 7) is 11.4. The number of carbonyl (C=O) groups excluding carboxylic acids is 2. The molecule has 0 aromatic heterocycles. The van der Waals surface area contributed by atoms with Crippen molar-refractivity contribution >= 4 is 11.9 Å². The summed E-state index contributed by atoms with van der Waals surface area (Å²) in [6, 6.07) is 0. The first kappa shape index (κ1) is 16.4. The average molecular weight is 254 g/mol. The van der Waals surface area contributed by atoms with Crippen LogP contribution in [0.25, 0.3) is 0 Å². The molecule has 0 amide bonds. The van der Waals surface area contributed by atoms with E-state index in [2.05, 4.69) is 13.2 Å². The van der Waals surface area contributed by atoms with Crippen LogP contribution >= 0.6 is 0 Å². The topological polar surface area (TPSA) is 52.6 Å². The second-order valence-corrected chi connectivity index (χ2v) is 4.44. The van der Waals surface area contributed by atoms with Crippen molar-refractivity contribution in [3.05, 3.63) is 24.3 Å². The molecular formula is C14H22O4. The third kappa shape index (κ3) is 10.9. The Bertz CT molecular complexity index is 286. The van der Waals surface area contributed by atoms with Crippen LogP contribution in [0.1, 0.15) is 39.5 Å². The molecule has 0 bridgehead atoms. The highest BCUT2D eigenvalue weighted by molar-refractivity contribution is 5.70. The van der Waals surface area contributed by atoms with E-state index in [1.807, 2.05) is 0 Å². The zero-order chi connectivity index (χ0) is 14.0. The molecule has 0 N–H and O–H groups in total. The zero-order valence-corrected chi connectivity index (χ0v) is 11.3. The molecule has 102 valence electrons. The van der Waals surface area contributed by atoms with Gasteiger partial charge in [-0.15, -0.1) is 0 Å². The summed E-state index contributed by atoms with van der Waals surface area (Å²) in [6.07, 6.45) is 1.89. The van der Waals surface area contributed by atoms with Crippen LogP contribution in [0.4, 0.5) is 0 Å². The van der Waals surface area contributed by atoms with E-state index in [1.54, 1.807) is 13.8 Å². The van der Waals surface area contributed by atoms with Crippen molar-refractivity contribution < 1.29 is 19.1 Å². The van der Waals surface area contributed by atoms with Crippen LogP contribution in [0, 0.1) is 0 Å². The largest absolute Gasteiger partial charge is 0.461 e. The first-order valence-corrected chi connectivity index (χ1v) is 6.02. The minimum absolute atomic E-state index is 0.256. The van der Waals surface area contributed by atoms with Gasteiger partial charge in [0.2, 0.25) is 0 Å². The molecule has 0 spiro atoms. The van der Waals surface area contributed by atoms with Crippen LogP contribution < -0.4 is 0 Å². The van der Waals surface area contributed by atoms with Crippen molar-refractivity contribution in [2.24, 2.45) is 0 Å². The fourth-order valence-corrected chi connectivity index (χ4v) is 1.09. The molecule has 0 fully saturated rings. The van der Waals surface area contributed by atoms with Crippen LogP contribution in [0.5, 0.6) is 0 Å². The van der Waals surface area contributed by atoms with E-state index < -0.39 is 0 Å². The van der Waals surface area contributed by atoms with Crippen molar-refractivity contribution in [1.82, 2.24) is 0 Å². The van der Waals surface area contributed by atoms with Crippen LogP contribution in [-0.2, 0) is 19.1 Å². The molecule has 18 heavy (non-hydrogen) atoms. The van der Waals surface area contributed by atoms with E-state index in [9.17, 15) is 9.59 Å². The number of esters is 2. The Morgan fingerprint density at radius 2 is 1.17 bits per heavy atom. The Morgan fingerprint density at radius 3 is 1.44 bits per heavy atom. The van der Waals surface area contributed by atoms with E-state index in [-0.39, 0.29) is 25.2 Å². The van der Waals surface area contributed by atoms with Gasteiger partial charge in [-0.25, -0.2) is 0 Å². The summed E-state index contributed by atoms with van der Waals surface area (Å²) in [5.41, 5.74) is 1.62. The van der Waals surface area contributed by atoms with Crippen molar-refractivity contribution in [3.8, 4) is 0 Å². The Balaban J connectivity index is 3.49. The maximum Gasteiger partial charge on any atom is 0.306 e. The minimum Gasteiger partial charge on any atom is -0.461 e. The molecule has 0 rings (SSSR count). The SMILES string of the molecule is C=C(C)COC(=O)CCCCC(=O)OCC(=C)C. The number of ether oxygens (including phenoxy) is 2. The van der Waals surface area contributed by atoms with Gasteiger partial charge in [0.25, 0.3) is 0 Å². The third-order valence-corrected chi connectivity index (χ3v) is 1.97. The Hall–Kier alpha value is -1.58. The maximum atomic E-state index is 11.2. The van der Waals surface area contributed by atoms with E-state index in [0.717, 1.165) is 11.1 Å². The van der Waals surface area contributed by atoms with Gasteiger partial charge in [-0.3, -0.25) is 9.59 Å². The van der Waals surface area contributed by atoms with E-state index >= 15 is 0 Å². The van der Waals surface area contributed by atoms with Crippen LogP contribution in [0.3, 0.4) is 0 Å². The molecule has 0 aliphatic rings. The van der Waals surface area contributed by atoms with Gasteiger partial charge < -0.3 is 9.47 Å². The summed E-state index contributed by atoms with van der Waals surface area (Å²) < 4.78 is 9.85. The van der Waals surface area contributed by atoms with Crippen molar-refractivity contribution in [2.75, 3.05) is 13.2 Å². The highest BCUT2D eigenvalue weighted by atomic mass is 16.5. The standard InChI is InChI=1S/C14H22O4/c1-11(2)9-17-13(15)7-5-6-8-14(16)18-10-12(3)4/h1,3,5-10H2,2,4H3. The summed E-state index contributed by atoms with van der Waals surface area (Å²) in [5, 5.41) is 0. The second-order valence-electron chi connectivity index (χ2n) is 4.44. The van der Waals surface area contributed by atoms with Crippen molar-refractivity contribution in [2.45, 2.75) is 39.5 Å². The van der Waals surface area contributed by atoms with Crippen LogP contribution in [0.2, 0.25) is 0 Å². The number of rotatable bonds is 9. The summed E-state index contributed by atoms with van der Waals surface area (Å²) >= 11 is 0. The molecule has 0 aromatic rings. The van der Waals surface area contributed by atoms with Gasteiger partial charge in [0.15, 0.2) is 0 Å². The Kier molecular flexibility index (Phi) is 8.62. The quantitative estimate of drug-likeness (QED) is 0.360. The fourth-order valence-electron chi connectivity index (χ4n) is 1.09. The van der Waals surface area contributed by atoms with Gasteiger partial charge >= 0.3 is 11.9 Å². The van der Waals surface area contributed by atoms with Gasteiger partial charge in [-0.2, -0.15) is 0 Å². The van der Waals surface area contributed by atoms with E-state index in [0.29, 0.717) is 25.7 Å². The lowest BCUT2D eigenvalue weighted by Gasteiger charge is -2.05. The lowest BCUT2D eigenvalue weighted by Crippen LogP contribution is -2.08. The fraction of sp³-hybridized carbons (Fsp3) is 0.571. The summed E-state index contributed by atoms with van der Waals surface area (Å²) in [5.74, 6) is -0.512. The molecule has 0 heterocycles. The molecule has 4 nitrogen and oxygen atoms in total. The normalized spacial score (nSPS) is 9.67. The van der Waals surface area contributed by atoms with Gasteiger partial charge in [-0.1, -0.05) is 13.2 Å². The summed E-state index contributed by atoms with van der Waals surface area (Å²) in [7, 11) is 0. The number of unbranched alkanes of at least 4 members (excludes halogenated alkanes) is 1. The molecule has 0 unspecified atom stereocenters. The van der Waals surface area contributed by atoms with Gasteiger partial charge in [0.05, 0.1) is 0 Å². The molecule has 0 saturated carbocycles. The summed E-state index contributed by atoms with van der Waals surface area (Å²) in [4.78, 5) is 22.4. The molecule has 0 atom stereocenters. The average Bonchev–Trinajstić information content (AvgIpc) is 2.29. The van der Waals surface area contributed by atoms with Crippen LogP contribution in [-0.4, -0.2) is 25.2 Å². The lowest BCUT2D eigenvalue weighted by atomic mass is 10.2. The molecular weight excluding hydrogens is 232 g/mol. The smallest absolute Gasteiger partial charge is 0.306 e. The lowest BCUT2D eigenvalue weighted by molar-refractivity contribution is -0.144.